The quantitative estimate of drug-likeness (QED) is 0.507. The number of hydrogen-bond acceptors (Lipinski definition) is 0. The molecular weight excluding hydrogens is 144 g/mol. The Bertz CT molecular complexity index is 117. The molecule has 0 saturated heterocycles. The second-order valence-electron chi connectivity index (χ2n) is 4.26. The summed E-state index contributed by atoms with van der Waals surface area (Å²) in [6.07, 6.45) is 9.21. The van der Waals surface area contributed by atoms with Gasteiger partial charge in [0, 0.05) is 0 Å². The van der Waals surface area contributed by atoms with Crippen LogP contribution < -0.4 is 0 Å². The zero-order chi connectivity index (χ0) is 8.97. The van der Waals surface area contributed by atoms with E-state index >= 15 is 0 Å². The first kappa shape index (κ1) is 10.1. The van der Waals surface area contributed by atoms with Crippen molar-refractivity contribution in [2.24, 2.45) is 17.8 Å². The van der Waals surface area contributed by atoms with E-state index in [4.69, 9.17) is 0 Å². The first-order chi connectivity index (χ1) is 5.88. The van der Waals surface area contributed by atoms with Gasteiger partial charge in [0.15, 0.2) is 0 Å². The van der Waals surface area contributed by atoms with E-state index in [0.29, 0.717) is 0 Å². The van der Waals surface area contributed by atoms with E-state index in [-0.39, 0.29) is 0 Å². The predicted molar refractivity (Wildman–Crippen MR) is 55.2 cm³/mol. The van der Waals surface area contributed by atoms with Crippen molar-refractivity contribution in [3.8, 4) is 0 Å². The van der Waals surface area contributed by atoms with Crippen LogP contribution >= 0.6 is 0 Å². The molecule has 0 N–H and O–H groups in total. The molecule has 2 aliphatic rings. The van der Waals surface area contributed by atoms with Gasteiger partial charge in [-0.1, -0.05) is 52.9 Å². The summed E-state index contributed by atoms with van der Waals surface area (Å²) >= 11 is 0. The van der Waals surface area contributed by atoms with Gasteiger partial charge in [0.05, 0.1) is 0 Å². The van der Waals surface area contributed by atoms with Crippen LogP contribution in [0.25, 0.3) is 0 Å². The number of rotatable bonds is 0. The lowest BCUT2D eigenvalue weighted by Gasteiger charge is -2.31. The van der Waals surface area contributed by atoms with E-state index in [1.807, 2.05) is 13.8 Å². The minimum absolute atomic E-state index is 1.06. The van der Waals surface area contributed by atoms with E-state index in [1.54, 1.807) is 19.3 Å². The van der Waals surface area contributed by atoms with Crippen molar-refractivity contribution >= 4 is 0 Å². The molecule has 2 rings (SSSR count). The van der Waals surface area contributed by atoms with Crippen molar-refractivity contribution in [1.29, 1.82) is 0 Å². The molecule has 72 valence electrons. The van der Waals surface area contributed by atoms with Crippen molar-refractivity contribution < 1.29 is 0 Å². The fourth-order valence-corrected chi connectivity index (χ4v) is 3.09. The molecule has 3 unspecified atom stereocenters. The molecule has 0 bridgehead atoms. The molecule has 3 atom stereocenters. The van der Waals surface area contributed by atoms with E-state index in [1.165, 1.54) is 19.3 Å². The molecule has 0 aromatic rings. The molecule has 0 spiro atoms. The summed E-state index contributed by atoms with van der Waals surface area (Å²) in [6.45, 7) is 6.46. The molecule has 0 heterocycles. The van der Waals surface area contributed by atoms with Crippen LogP contribution in [-0.2, 0) is 0 Å². The van der Waals surface area contributed by atoms with Crippen molar-refractivity contribution in [3.63, 3.8) is 0 Å². The van der Waals surface area contributed by atoms with Crippen LogP contribution in [0.1, 0.15) is 59.3 Å². The SMILES string of the molecule is CC.CC1CCCC2CCCC12. The van der Waals surface area contributed by atoms with Gasteiger partial charge in [0.25, 0.3) is 0 Å². The Hall–Kier alpha value is 0. The summed E-state index contributed by atoms with van der Waals surface area (Å²) in [5.74, 6) is 3.33. The zero-order valence-corrected chi connectivity index (χ0v) is 8.97. The number of hydrogen-bond donors (Lipinski definition) is 0. The first-order valence-electron chi connectivity index (χ1n) is 5.88. The van der Waals surface area contributed by atoms with Gasteiger partial charge >= 0.3 is 0 Å². The Morgan fingerprint density at radius 3 is 2.00 bits per heavy atom. The molecule has 2 aliphatic carbocycles. The maximum Gasteiger partial charge on any atom is -0.0360 e. The molecule has 0 heteroatoms. The fraction of sp³-hybridized carbons (Fsp3) is 1.00. The van der Waals surface area contributed by atoms with Crippen LogP contribution in [0.3, 0.4) is 0 Å². The third-order valence-electron chi connectivity index (χ3n) is 3.68. The molecule has 2 fully saturated rings. The van der Waals surface area contributed by atoms with E-state index in [9.17, 15) is 0 Å². The molecule has 0 amide bonds. The smallest absolute Gasteiger partial charge is 0.0360 e. The summed E-state index contributed by atoms with van der Waals surface area (Å²) in [6, 6.07) is 0. The molecule has 0 aromatic carbocycles. The van der Waals surface area contributed by atoms with E-state index in [2.05, 4.69) is 6.92 Å². The Balaban J connectivity index is 0.000000336. The van der Waals surface area contributed by atoms with Crippen LogP contribution in [0, 0.1) is 17.8 Å². The average Bonchev–Trinajstić information content (AvgIpc) is 2.57. The Morgan fingerprint density at radius 1 is 0.833 bits per heavy atom. The minimum Gasteiger partial charge on any atom is -0.0683 e. The van der Waals surface area contributed by atoms with Crippen LogP contribution in [-0.4, -0.2) is 0 Å². The molecule has 0 radical (unpaired) electrons. The number of fused-ring (bicyclic) bond motifs is 1. The first-order valence-corrected chi connectivity index (χ1v) is 5.88. The van der Waals surface area contributed by atoms with Crippen LogP contribution in [0.2, 0.25) is 0 Å². The lowest BCUT2D eigenvalue weighted by Crippen LogP contribution is -2.21. The van der Waals surface area contributed by atoms with Crippen molar-refractivity contribution in [2.45, 2.75) is 59.3 Å². The Morgan fingerprint density at radius 2 is 1.42 bits per heavy atom. The molecule has 0 aliphatic heterocycles. The summed E-state index contributed by atoms with van der Waals surface area (Å²) in [7, 11) is 0. The average molecular weight is 168 g/mol. The van der Waals surface area contributed by atoms with Gasteiger partial charge in [0.1, 0.15) is 0 Å². The van der Waals surface area contributed by atoms with Gasteiger partial charge in [-0.05, 0) is 24.2 Å². The summed E-state index contributed by atoms with van der Waals surface area (Å²) in [4.78, 5) is 0. The molecule has 2 saturated carbocycles. The highest BCUT2D eigenvalue weighted by atomic mass is 14.4. The third-order valence-corrected chi connectivity index (χ3v) is 3.68. The van der Waals surface area contributed by atoms with Gasteiger partial charge < -0.3 is 0 Å². The monoisotopic (exact) mass is 168 g/mol. The van der Waals surface area contributed by atoms with Gasteiger partial charge in [-0.2, -0.15) is 0 Å². The van der Waals surface area contributed by atoms with Crippen molar-refractivity contribution in [3.05, 3.63) is 0 Å². The van der Waals surface area contributed by atoms with E-state index < -0.39 is 0 Å². The maximum atomic E-state index is 2.46. The molecule has 0 nitrogen and oxygen atoms in total. The standard InChI is InChI=1S/C10H18.C2H6/c1-8-4-2-5-9-6-3-7-10(8)9;1-2/h8-10H,2-7H2,1H3;1-2H3. The van der Waals surface area contributed by atoms with Crippen molar-refractivity contribution in [1.82, 2.24) is 0 Å². The summed E-state index contributed by atoms with van der Waals surface area (Å²) in [5.41, 5.74) is 0. The Labute approximate surface area is 77.7 Å². The Kier molecular flexibility index (Phi) is 4.11. The minimum atomic E-state index is 1.06. The van der Waals surface area contributed by atoms with Crippen LogP contribution in [0.4, 0.5) is 0 Å². The van der Waals surface area contributed by atoms with Gasteiger partial charge in [-0.3, -0.25) is 0 Å². The molecular formula is C12H24. The largest absolute Gasteiger partial charge is 0.0683 e. The van der Waals surface area contributed by atoms with Crippen LogP contribution in [0.5, 0.6) is 0 Å². The highest BCUT2D eigenvalue weighted by Crippen LogP contribution is 2.44. The second-order valence-corrected chi connectivity index (χ2v) is 4.26. The topological polar surface area (TPSA) is 0 Å². The van der Waals surface area contributed by atoms with Gasteiger partial charge in [0.2, 0.25) is 0 Å². The fourth-order valence-electron chi connectivity index (χ4n) is 3.09. The highest BCUT2D eigenvalue weighted by Gasteiger charge is 2.33. The zero-order valence-electron chi connectivity index (χ0n) is 8.97. The highest BCUT2D eigenvalue weighted by molar-refractivity contribution is 4.84. The van der Waals surface area contributed by atoms with E-state index in [0.717, 1.165) is 17.8 Å². The second kappa shape index (κ2) is 4.89. The van der Waals surface area contributed by atoms with Crippen LogP contribution in [0.15, 0.2) is 0 Å². The van der Waals surface area contributed by atoms with Gasteiger partial charge in [-0.15, -0.1) is 0 Å². The third kappa shape index (κ3) is 2.02. The maximum absolute atomic E-state index is 2.46. The normalized spacial score (nSPS) is 39.8. The lowest BCUT2D eigenvalue weighted by atomic mass is 9.75. The lowest BCUT2D eigenvalue weighted by molar-refractivity contribution is 0.197. The summed E-state index contributed by atoms with van der Waals surface area (Å²) < 4.78 is 0. The molecule has 0 aromatic heterocycles. The predicted octanol–water partition coefficient (Wildman–Crippen LogP) is 4.25. The summed E-state index contributed by atoms with van der Waals surface area (Å²) in [5, 5.41) is 0. The molecule has 12 heavy (non-hydrogen) atoms. The van der Waals surface area contributed by atoms with Gasteiger partial charge in [-0.25, -0.2) is 0 Å². The van der Waals surface area contributed by atoms with Crippen molar-refractivity contribution in [2.75, 3.05) is 0 Å².